The summed E-state index contributed by atoms with van der Waals surface area (Å²) in [4.78, 5) is 18.3. The van der Waals surface area contributed by atoms with Gasteiger partial charge in [0.05, 0.1) is 5.91 Å². The van der Waals surface area contributed by atoms with Crippen molar-refractivity contribution in [1.82, 2.24) is 5.32 Å². The maximum atomic E-state index is 11.0. The summed E-state index contributed by atoms with van der Waals surface area (Å²) in [5.41, 5.74) is 9.06. The molecule has 5 nitrogen and oxygen atoms in total. The summed E-state index contributed by atoms with van der Waals surface area (Å²) < 4.78 is 0. The maximum absolute atomic E-state index is 11.0. The normalized spacial score (nSPS) is 9.64. The van der Waals surface area contributed by atoms with Crippen molar-refractivity contribution in [3.63, 3.8) is 0 Å². The quantitative estimate of drug-likeness (QED) is 0.174. The SMILES string of the molecule is CN=CC=NC.Cc1ccccc1[C-]=CC(=O)N[C-]=S.[CH2-]CCN.[K+]. The second-order valence-corrected chi connectivity index (χ2v) is 4.36. The first-order valence-corrected chi connectivity index (χ1v) is 7.62. The van der Waals surface area contributed by atoms with E-state index in [4.69, 9.17) is 5.73 Å². The largest absolute Gasteiger partial charge is 1.00 e. The third-order valence-electron chi connectivity index (χ3n) is 2.25. The van der Waals surface area contributed by atoms with Crippen molar-refractivity contribution < 1.29 is 56.2 Å². The van der Waals surface area contributed by atoms with Crippen molar-refractivity contribution in [2.24, 2.45) is 15.7 Å². The van der Waals surface area contributed by atoms with Crippen LogP contribution in [0.2, 0.25) is 0 Å². The van der Waals surface area contributed by atoms with E-state index in [0.29, 0.717) is 6.54 Å². The third kappa shape index (κ3) is 21.4. The summed E-state index contributed by atoms with van der Waals surface area (Å²) in [6, 6.07) is 7.68. The Bertz CT molecular complexity index is 534. The number of aryl methyl sites for hydroxylation is 1. The van der Waals surface area contributed by atoms with Crippen LogP contribution in [-0.4, -0.2) is 44.5 Å². The van der Waals surface area contributed by atoms with Gasteiger partial charge in [-0.15, -0.1) is 41.5 Å². The summed E-state index contributed by atoms with van der Waals surface area (Å²) in [5.74, 6) is -0.316. The van der Waals surface area contributed by atoms with Crippen LogP contribution in [0, 0.1) is 19.9 Å². The molecule has 132 valence electrons. The molecule has 0 saturated heterocycles. The first-order valence-electron chi connectivity index (χ1n) is 7.22. The van der Waals surface area contributed by atoms with E-state index in [1.54, 1.807) is 26.5 Å². The van der Waals surface area contributed by atoms with Gasteiger partial charge < -0.3 is 22.8 Å². The molecule has 0 heterocycles. The van der Waals surface area contributed by atoms with Gasteiger partial charge >= 0.3 is 51.4 Å². The smallest absolute Gasteiger partial charge is 0.484 e. The molecule has 25 heavy (non-hydrogen) atoms. The van der Waals surface area contributed by atoms with Gasteiger partial charge in [0.15, 0.2) is 0 Å². The van der Waals surface area contributed by atoms with Crippen LogP contribution in [0.3, 0.4) is 0 Å². The van der Waals surface area contributed by atoms with Gasteiger partial charge in [-0.2, -0.15) is 6.42 Å². The number of carbonyl (C=O) groups excluding carboxylic acids is 1. The molecule has 0 spiro atoms. The number of carbonyl (C=O) groups is 1. The molecule has 0 aliphatic rings. The van der Waals surface area contributed by atoms with Crippen LogP contribution in [0.5, 0.6) is 0 Å². The van der Waals surface area contributed by atoms with Gasteiger partial charge in [-0.1, -0.05) is 18.5 Å². The number of thiocarbonyl (C=S) groups is 1. The van der Waals surface area contributed by atoms with E-state index in [0.717, 1.165) is 17.5 Å². The fourth-order valence-corrected chi connectivity index (χ4v) is 1.20. The standard InChI is InChI=1S/C11H9NOS.C4H8N2.C3H8N.K/c1-9-4-2-3-5-10(9)6-7-11(13)12-8-14;1-5-3-4-6-2;1-2-3-4;/h2-5,7H,1H3,(H,12,13,14);3-4H,1-2H3;1-4H2;/q-2;;-1;+1. The van der Waals surface area contributed by atoms with Gasteiger partial charge in [-0.25, -0.2) is 12.2 Å². The van der Waals surface area contributed by atoms with Gasteiger partial charge in [0.2, 0.25) is 0 Å². The predicted molar refractivity (Wildman–Crippen MR) is 107 cm³/mol. The van der Waals surface area contributed by atoms with Crippen molar-refractivity contribution in [3.8, 4) is 0 Å². The zero-order valence-electron chi connectivity index (χ0n) is 15.5. The van der Waals surface area contributed by atoms with Gasteiger partial charge in [-0.3, -0.25) is 9.98 Å². The van der Waals surface area contributed by atoms with Crippen LogP contribution in [0.25, 0.3) is 0 Å². The summed E-state index contributed by atoms with van der Waals surface area (Å²) in [7, 11) is 3.42. The van der Waals surface area contributed by atoms with Crippen molar-refractivity contribution >= 4 is 36.0 Å². The zero-order chi connectivity index (χ0) is 18.6. The summed E-state index contributed by atoms with van der Waals surface area (Å²) in [6.45, 7) is 6.15. The Kier molecular flexibility index (Phi) is 27.4. The average Bonchev–Trinajstić information content (AvgIpc) is 2.60. The molecule has 0 atom stereocenters. The van der Waals surface area contributed by atoms with E-state index in [9.17, 15) is 4.79 Å². The zero-order valence-corrected chi connectivity index (χ0v) is 19.4. The maximum Gasteiger partial charge on any atom is 1.00 e. The number of aliphatic imine (C=N–C) groups is 2. The van der Waals surface area contributed by atoms with Crippen LogP contribution >= 0.6 is 12.2 Å². The number of rotatable bonds is 5. The first kappa shape index (κ1) is 29.2. The first-order chi connectivity index (χ1) is 11.6. The van der Waals surface area contributed by atoms with Crippen LogP contribution < -0.4 is 62.4 Å². The summed E-state index contributed by atoms with van der Waals surface area (Å²) in [6.07, 6.45) is 8.31. The van der Waals surface area contributed by atoms with Crippen molar-refractivity contribution in [3.05, 3.63) is 54.5 Å². The van der Waals surface area contributed by atoms with Gasteiger partial charge in [0.25, 0.3) is 0 Å². The molecule has 1 aromatic carbocycles. The average molecular weight is 385 g/mol. The Labute approximate surface area is 199 Å². The van der Waals surface area contributed by atoms with Crippen LogP contribution in [0.4, 0.5) is 0 Å². The minimum Gasteiger partial charge on any atom is -0.484 e. The van der Waals surface area contributed by atoms with Crippen molar-refractivity contribution in [2.45, 2.75) is 13.3 Å². The van der Waals surface area contributed by atoms with Crippen molar-refractivity contribution in [1.29, 1.82) is 0 Å². The molecule has 1 aromatic rings. The van der Waals surface area contributed by atoms with E-state index in [-0.39, 0.29) is 57.3 Å². The summed E-state index contributed by atoms with van der Waals surface area (Å²) >= 11 is 4.36. The molecule has 0 radical (unpaired) electrons. The fraction of sp³-hybridized carbons (Fsp3) is 0.278. The minimum atomic E-state index is -0.316. The predicted octanol–water partition coefficient (Wildman–Crippen LogP) is -0.786. The summed E-state index contributed by atoms with van der Waals surface area (Å²) in [5, 5.41) is 2.24. The second-order valence-electron chi connectivity index (χ2n) is 4.15. The number of hydrogen-bond donors (Lipinski definition) is 2. The number of nitrogens with zero attached hydrogens (tertiary/aromatic N) is 2. The van der Waals surface area contributed by atoms with Gasteiger partial charge in [0, 0.05) is 26.5 Å². The molecule has 7 heteroatoms. The molecule has 0 aliphatic carbocycles. The Hall–Kier alpha value is -0.544. The molecule has 0 aromatic heterocycles. The molecule has 0 aliphatic heterocycles. The Morgan fingerprint density at radius 2 is 1.84 bits per heavy atom. The number of nitrogens with one attached hydrogen (secondary N) is 1. The molecule has 0 saturated carbocycles. The molecule has 1 amide bonds. The Morgan fingerprint density at radius 3 is 2.24 bits per heavy atom. The third-order valence-corrected chi connectivity index (χ3v) is 2.35. The number of nitrogens with two attached hydrogens (primary N) is 1. The fourth-order valence-electron chi connectivity index (χ4n) is 1.10. The Morgan fingerprint density at radius 1 is 1.32 bits per heavy atom. The van der Waals surface area contributed by atoms with Crippen LogP contribution in [-0.2, 0) is 4.79 Å². The van der Waals surface area contributed by atoms with E-state index in [2.05, 4.69) is 46.0 Å². The van der Waals surface area contributed by atoms with Crippen LogP contribution in [0.1, 0.15) is 17.5 Å². The van der Waals surface area contributed by atoms with Crippen LogP contribution in [0.15, 0.2) is 40.3 Å². The van der Waals surface area contributed by atoms with Crippen molar-refractivity contribution in [2.75, 3.05) is 20.6 Å². The number of amides is 1. The molecule has 3 N–H and O–H groups in total. The second kappa shape index (κ2) is 23.5. The van der Waals surface area contributed by atoms with E-state index in [1.165, 1.54) is 6.08 Å². The monoisotopic (exact) mass is 384 g/mol. The number of hydrogen-bond acceptors (Lipinski definition) is 5. The molecule has 1 rings (SSSR count). The molecular formula is C18H25KN4OS-2. The molecule has 0 fully saturated rings. The molecule has 0 unspecified atom stereocenters. The van der Waals surface area contributed by atoms with E-state index < -0.39 is 0 Å². The Balaban J connectivity index is -0.000000369. The van der Waals surface area contributed by atoms with E-state index in [1.807, 2.05) is 31.2 Å². The minimum absolute atomic E-state index is 0. The van der Waals surface area contributed by atoms with Gasteiger partial charge in [0.1, 0.15) is 0 Å². The molecular weight excluding hydrogens is 359 g/mol. The van der Waals surface area contributed by atoms with E-state index >= 15 is 0 Å². The topological polar surface area (TPSA) is 79.8 Å². The van der Waals surface area contributed by atoms with Gasteiger partial charge in [-0.05, 0) is 6.54 Å². The molecule has 0 bridgehead atoms. The number of benzene rings is 1.